The second kappa shape index (κ2) is 10.9. The standard InChI is InChI=1S/C15H27N3O2.HI/c1-5-7-8-9-17-15(16-6-2)18-10-12(3)13(11-18)14(19)20-4;/h5,7,12-13H,6,8-11H2,1-4H3,(H,16,17);1H/b7-5+;. The van der Waals surface area contributed by atoms with Gasteiger partial charge in [0, 0.05) is 26.2 Å². The quantitative estimate of drug-likeness (QED) is 0.189. The molecular formula is C15H28IN3O2. The Morgan fingerprint density at radius 2 is 2.19 bits per heavy atom. The fraction of sp³-hybridized carbons (Fsp3) is 0.733. The highest BCUT2D eigenvalue weighted by molar-refractivity contribution is 14.0. The van der Waals surface area contributed by atoms with Gasteiger partial charge in [0.15, 0.2) is 5.96 Å². The number of methoxy groups -OCH3 is 1. The molecule has 5 nitrogen and oxygen atoms in total. The lowest BCUT2D eigenvalue weighted by atomic mass is 9.99. The first-order chi connectivity index (χ1) is 9.63. The highest BCUT2D eigenvalue weighted by atomic mass is 127. The van der Waals surface area contributed by atoms with Crippen LogP contribution in [-0.4, -0.2) is 50.1 Å². The summed E-state index contributed by atoms with van der Waals surface area (Å²) in [5, 5.41) is 3.30. The molecule has 6 heteroatoms. The van der Waals surface area contributed by atoms with E-state index in [1.165, 1.54) is 7.11 Å². The Bertz CT molecular complexity index is 372. The molecular weight excluding hydrogens is 381 g/mol. The van der Waals surface area contributed by atoms with E-state index in [9.17, 15) is 4.79 Å². The fourth-order valence-corrected chi connectivity index (χ4v) is 2.44. The van der Waals surface area contributed by atoms with Crippen molar-refractivity contribution in [2.45, 2.75) is 27.2 Å². The molecule has 122 valence electrons. The summed E-state index contributed by atoms with van der Waals surface area (Å²) in [4.78, 5) is 18.5. The number of esters is 1. The van der Waals surface area contributed by atoms with Gasteiger partial charge in [-0.05, 0) is 26.2 Å². The van der Waals surface area contributed by atoms with E-state index in [4.69, 9.17) is 4.74 Å². The summed E-state index contributed by atoms with van der Waals surface area (Å²) in [6, 6.07) is 0. The largest absolute Gasteiger partial charge is 0.469 e. The Kier molecular flexibility index (Phi) is 10.5. The summed E-state index contributed by atoms with van der Waals surface area (Å²) in [7, 11) is 1.45. The maximum atomic E-state index is 11.7. The third kappa shape index (κ3) is 6.23. The molecule has 0 saturated carbocycles. The summed E-state index contributed by atoms with van der Waals surface area (Å²) in [5.41, 5.74) is 0. The van der Waals surface area contributed by atoms with E-state index in [1.54, 1.807) is 0 Å². The summed E-state index contributed by atoms with van der Waals surface area (Å²) in [5.74, 6) is 1.02. The molecule has 1 saturated heterocycles. The molecule has 21 heavy (non-hydrogen) atoms. The van der Waals surface area contributed by atoms with Crippen LogP contribution in [0.15, 0.2) is 17.1 Å². The molecule has 1 N–H and O–H groups in total. The number of likely N-dealkylation sites (tertiary alicyclic amines) is 1. The van der Waals surface area contributed by atoms with Crippen LogP contribution in [0, 0.1) is 11.8 Å². The van der Waals surface area contributed by atoms with E-state index in [1.807, 2.05) is 13.0 Å². The number of rotatable bonds is 5. The Morgan fingerprint density at radius 1 is 1.48 bits per heavy atom. The van der Waals surface area contributed by atoms with Crippen molar-refractivity contribution in [3.8, 4) is 0 Å². The topological polar surface area (TPSA) is 53.9 Å². The highest BCUT2D eigenvalue weighted by Crippen LogP contribution is 2.24. The number of guanidine groups is 1. The number of halogens is 1. The van der Waals surface area contributed by atoms with Gasteiger partial charge in [-0.15, -0.1) is 24.0 Å². The zero-order valence-corrected chi connectivity index (χ0v) is 15.8. The first kappa shape index (κ1) is 20.2. The molecule has 0 aliphatic carbocycles. The summed E-state index contributed by atoms with van der Waals surface area (Å²) >= 11 is 0. The van der Waals surface area contributed by atoms with Crippen molar-refractivity contribution in [2.75, 3.05) is 33.3 Å². The second-order valence-electron chi connectivity index (χ2n) is 5.11. The van der Waals surface area contributed by atoms with Crippen molar-refractivity contribution in [2.24, 2.45) is 16.8 Å². The van der Waals surface area contributed by atoms with Crippen molar-refractivity contribution in [3.63, 3.8) is 0 Å². The predicted octanol–water partition coefficient (Wildman–Crippen LogP) is 2.28. The molecule has 1 aliphatic rings. The van der Waals surface area contributed by atoms with E-state index >= 15 is 0 Å². The van der Waals surface area contributed by atoms with Gasteiger partial charge in [-0.3, -0.25) is 9.79 Å². The van der Waals surface area contributed by atoms with Gasteiger partial charge in [-0.2, -0.15) is 0 Å². The van der Waals surface area contributed by atoms with Gasteiger partial charge < -0.3 is 15.0 Å². The minimum Gasteiger partial charge on any atom is -0.469 e. The van der Waals surface area contributed by atoms with E-state index in [0.717, 1.165) is 32.0 Å². The van der Waals surface area contributed by atoms with Gasteiger partial charge in [0.05, 0.1) is 13.0 Å². The number of carbonyl (C=O) groups is 1. The molecule has 0 aromatic heterocycles. The molecule has 1 heterocycles. The molecule has 0 spiro atoms. The van der Waals surface area contributed by atoms with E-state index in [-0.39, 0.29) is 35.9 Å². The summed E-state index contributed by atoms with van der Waals surface area (Å²) < 4.78 is 4.87. The van der Waals surface area contributed by atoms with Crippen molar-refractivity contribution in [1.82, 2.24) is 10.2 Å². The van der Waals surface area contributed by atoms with E-state index in [0.29, 0.717) is 12.5 Å². The second-order valence-corrected chi connectivity index (χ2v) is 5.11. The van der Waals surface area contributed by atoms with Crippen molar-refractivity contribution in [3.05, 3.63) is 12.2 Å². The van der Waals surface area contributed by atoms with Gasteiger partial charge in [-0.1, -0.05) is 19.1 Å². The van der Waals surface area contributed by atoms with Crippen LogP contribution in [0.2, 0.25) is 0 Å². The lowest BCUT2D eigenvalue weighted by Gasteiger charge is -2.21. The Morgan fingerprint density at radius 3 is 2.76 bits per heavy atom. The average molecular weight is 409 g/mol. The maximum absolute atomic E-state index is 11.7. The van der Waals surface area contributed by atoms with Crippen LogP contribution in [0.5, 0.6) is 0 Å². The van der Waals surface area contributed by atoms with Crippen LogP contribution in [-0.2, 0) is 9.53 Å². The minimum absolute atomic E-state index is 0. The zero-order valence-electron chi connectivity index (χ0n) is 13.5. The van der Waals surface area contributed by atoms with Gasteiger partial charge >= 0.3 is 5.97 Å². The van der Waals surface area contributed by atoms with E-state index < -0.39 is 0 Å². The van der Waals surface area contributed by atoms with Crippen molar-refractivity contribution >= 4 is 35.9 Å². The third-order valence-electron chi connectivity index (χ3n) is 3.54. The number of ether oxygens (including phenoxy) is 1. The third-order valence-corrected chi connectivity index (χ3v) is 3.54. The lowest BCUT2D eigenvalue weighted by Crippen LogP contribution is -2.40. The number of aliphatic imine (C=N–C) groups is 1. The normalized spacial score (nSPS) is 22.3. The van der Waals surface area contributed by atoms with Crippen LogP contribution in [0.4, 0.5) is 0 Å². The van der Waals surface area contributed by atoms with Gasteiger partial charge in [0.25, 0.3) is 0 Å². The molecule has 2 unspecified atom stereocenters. The molecule has 1 aliphatic heterocycles. The van der Waals surface area contributed by atoms with Crippen LogP contribution >= 0.6 is 24.0 Å². The molecule has 0 radical (unpaired) electrons. The van der Waals surface area contributed by atoms with Crippen molar-refractivity contribution < 1.29 is 9.53 Å². The van der Waals surface area contributed by atoms with E-state index in [2.05, 4.69) is 35.1 Å². The van der Waals surface area contributed by atoms with Crippen LogP contribution in [0.3, 0.4) is 0 Å². The molecule has 1 rings (SSSR count). The van der Waals surface area contributed by atoms with Gasteiger partial charge in [-0.25, -0.2) is 0 Å². The monoisotopic (exact) mass is 409 g/mol. The predicted molar refractivity (Wildman–Crippen MR) is 97.1 cm³/mol. The van der Waals surface area contributed by atoms with Crippen LogP contribution < -0.4 is 5.32 Å². The highest BCUT2D eigenvalue weighted by Gasteiger charge is 2.36. The van der Waals surface area contributed by atoms with Crippen LogP contribution in [0.25, 0.3) is 0 Å². The molecule has 0 bridgehead atoms. The SMILES string of the molecule is C/C=C/CCN=C(NCC)N1CC(C)C(C(=O)OC)C1.I. The van der Waals surface area contributed by atoms with Crippen molar-refractivity contribution in [1.29, 1.82) is 0 Å². The Labute approximate surface area is 145 Å². The number of nitrogens with one attached hydrogen (secondary N) is 1. The average Bonchev–Trinajstić information content (AvgIpc) is 2.83. The molecule has 0 aromatic carbocycles. The molecule has 2 atom stereocenters. The van der Waals surface area contributed by atoms with Gasteiger partial charge in [0.1, 0.15) is 0 Å². The molecule has 0 aromatic rings. The Balaban J connectivity index is 0.00000400. The maximum Gasteiger partial charge on any atom is 0.310 e. The zero-order chi connectivity index (χ0) is 15.0. The first-order valence-corrected chi connectivity index (χ1v) is 7.36. The summed E-state index contributed by atoms with van der Waals surface area (Å²) in [6.07, 6.45) is 5.08. The lowest BCUT2D eigenvalue weighted by molar-refractivity contribution is -0.145. The van der Waals surface area contributed by atoms with Gasteiger partial charge in [0.2, 0.25) is 0 Å². The fourth-order valence-electron chi connectivity index (χ4n) is 2.44. The number of hydrogen-bond donors (Lipinski definition) is 1. The molecule has 0 amide bonds. The number of hydrogen-bond acceptors (Lipinski definition) is 3. The van der Waals surface area contributed by atoms with Crippen LogP contribution in [0.1, 0.15) is 27.2 Å². The number of nitrogens with zero attached hydrogens (tertiary/aromatic N) is 2. The first-order valence-electron chi connectivity index (χ1n) is 7.36. The minimum atomic E-state index is -0.121. The smallest absolute Gasteiger partial charge is 0.310 e. The molecule has 1 fully saturated rings. The summed E-state index contributed by atoms with van der Waals surface area (Å²) in [6.45, 7) is 9.27. The Hall–Kier alpha value is -0.790. The number of allylic oxidation sites excluding steroid dienone is 1. The number of carbonyl (C=O) groups excluding carboxylic acids is 1.